The van der Waals surface area contributed by atoms with E-state index in [1.807, 2.05) is 0 Å². The zero-order valence-electron chi connectivity index (χ0n) is 14.6. The van der Waals surface area contributed by atoms with Gasteiger partial charge < -0.3 is 9.72 Å². The summed E-state index contributed by atoms with van der Waals surface area (Å²) in [5.41, 5.74) is 1.49. The molecule has 0 spiro atoms. The number of nitrogens with one attached hydrogen (secondary N) is 1. The molecule has 160 valence electrons. The Morgan fingerprint density at radius 3 is 2.20 bits per heavy atom. The van der Waals surface area contributed by atoms with Crippen molar-refractivity contribution >= 4 is 28.6 Å². The molecule has 0 unspecified atom stereocenters. The molecule has 0 fully saturated rings. The molecule has 1 heterocycles. The maximum atomic E-state index is 13.3. The lowest BCUT2D eigenvalue weighted by Crippen LogP contribution is -2.55. The summed E-state index contributed by atoms with van der Waals surface area (Å²) in [6, 6.07) is 10.5. The molecule has 0 aliphatic rings. The minimum absolute atomic E-state index is 0.0249. The summed E-state index contributed by atoms with van der Waals surface area (Å²) in [6.45, 7) is 0. The molecule has 4 nitrogen and oxygen atoms in total. The van der Waals surface area contributed by atoms with Gasteiger partial charge in [0.25, 0.3) is 0 Å². The van der Waals surface area contributed by atoms with E-state index in [4.69, 9.17) is 0 Å². The Labute approximate surface area is 168 Å². The number of benzene rings is 2. The quantitative estimate of drug-likeness (QED) is 0.284. The van der Waals surface area contributed by atoms with Crippen LogP contribution < -0.4 is 4.74 Å². The van der Waals surface area contributed by atoms with Crippen LogP contribution in [0.4, 0.5) is 30.7 Å². The number of aromatic nitrogens is 2. The largest absolute Gasteiger partial charge is 0.474 e. The van der Waals surface area contributed by atoms with Crippen molar-refractivity contribution in [2.45, 2.75) is 23.4 Å². The summed E-state index contributed by atoms with van der Waals surface area (Å²) in [6.07, 6.45) is -12.3. The smallest absolute Gasteiger partial charge is 0.428 e. The first-order chi connectivity index (χ1) is 13.9. The Hall–Kier alpha value is -2.76. The number of hydrogen-bond acceptors (Lipinski definition) is 4. The predicted molar refractivity (Wildman–Crippen MR) is 94.2 cm³/mol. The highest BCUT2D eigenvalue weighted by Crippen LogP contribution is 2.47. The van der Waals surface area contributed by atoms with Gasteiger partial charge in [-0.2, -0.15) is 30.7 Å². The van der Waals surface area contributed by atoms with Crippen LogP contribution in [0, 0.1) is 0 Å². The van der Waals surface area contributed by atoms with E-state index in [0.29, 0.717) is 22.8 Å². The maximum absolute atomic E-state index is 13.3. The Morgan fingerprint density at radius 1 is 0.967 bits per heavy atom. The fourth-order valence-electron chi connectivity index (χ4n) is 2.30. The summed E-state index contributed by atoms with van der Waals surface area (Å²) in [7, 11) is 0. The highest BCUT2D eigenvalue weighted by molar-refractivity contribution is 7.99. The van der Waals surface area contributed by atoms with Crippen molar-refractivity contribution in [2.75, 3.05) is 5.75 Å². The highest BCUT2D eigenvalue weighted by atomic mass is 32.2. The number of aromatic amines is 1. The van der Waals surface area contributed by atoms with E-state index in [1.165, 1.54) is 0 Å². The Kier molecular flexibility index (Phi) is 5.72. The van der Waals surface area contributed by atoms with Crippen molar-refractivity contribution < 1.29 is 40.3 Å². The standard InChI is InChI=1S/C18H11F7N2O2S/c19-16(20,17(21,22)23)18(24,25)29-11-7-5-10(6-8-11)14(28)9-30-15-26-12-3-1-2-4-13(12)27-15/h1-8H,9H2,(H,26,27). The number of thioether (sulfide) groups is 1. The summed E-state index contributed by atoms with van der Waals surface area (Å²) in [5.74, 6) is -7.87. The highest BCUT2D eigenvalue weighted by Gasteiger charge is 2.75. The van der Waals surface area contributed by atoms with Crippen molar-refractivity contribution in [3.8, 4) is 5.75 Å². The molecule has 0 bridgehead atoms. The number of hydrogen-bond donors (Lipinski definition) is 1. The van der Waals surface area contributed by atoms with Crippen LogP contribution in [0.5, 0.6) is 5.75 Å². The molecule has 1 N–H and O–H groups in total. The van der Waals surface area contributed by atoms with Crippen LogP contribution in [-0.2, 0) is 0 Å². The Balaban J connectivity index is 1.64. The van der Waals surface area contributed by atoms with E-state index in [0.717, 1.165) is 29.4 Å². The van der Waals surface area contributed by atoms with Crippen LogP contribution in [0.25, 0.3) is 11.0 Å². The molecule has 12 heteroatoms. The molecule has 0 atom stereocenters. The first kappa shape index (κ1) is 21.9. The monoisotopic (exact) mass is 452 g/mol. The van der Waals surface area contributed by atoms with Gasteiger partial charge in [-0.05, 0) is 36.4 Å². The number of H-pyrrole nitrogens is 1. The summed E-state index contributed by atoms with van der Waals surface area (Å²) < 4.78 is 92.2. The van der Waals surface area contributed by atoms with Gasteiger partial charge in [0.05, 0.1) is 16.8 Å². The Bertz CT molecular complexity index is 1020. The number of Topliss-reactive ketones (excluding diaryl/α,β-unsaturated/α-hetero) is 1. The number of halogens is 7. The summed E-state index contributed by atoms with van der Waals surface area (Å²) in [5, 5.41) is 0.471. The normalized spacial score (nSPS) is 12.9. The lowest BCUT2D eigenvalue weighted by molar-refractivity contribution is -0.402. The molecule has 3 rings (SSSR count). The zero-order chi connectivity index (χ0) is 22.2. The number of carbonyl (C=O) groups excluding carboxylic acids is 1. The Morgan fingerprint density at radius 2 is 1.60 bits per heavy atom. The van der Waals surface area contributed by atoms with E-state index >= 15 is 0 Å². The van der Waals surface area contributed by atoms with Gasteiger partial charge in [0, 0.05) is 5.56 Å². The number of para-hydroxylation sites is 2. The number of imidazole rings is 1. The van der Waals surface area contributed by atoms with Gasteiger partial charge in [-0.25, -0.2) is 4.98 Å². The fraction of sp³-hybridized carbons (Fsp3) is 0.222. The lowest BCUT2D eigenvalue weighted by atomic mass is 10.1. The van der Waals surface area contributed by atoms with Gasteiger partial charge >= 0.3 is 18.2 Å². The predicted octanol–water partition coefficient (Wildman–Crippen LogP) is 5.71. The lowest BCUT2D eigenvalue weighted by Gasteiger charge is -2.27. The number of rotatable bonds is 7. The van der Waals surface area contributed by atoms with Crippen LogP contribution in [-0.4, -0.2) is 39.7 Å². The van der Waals surface area contributed by atoms with E-state index in [-0.39, 0.29) is 11.3 Å². The minimum atomic E-state index is -6.50. The number of ketones is 1. The van der Waals surface area contributed by atoms with Gasteiger partial charge in [-0.1, -0.05) is 23.9 Å². The second kappa shape index (κ2) is 7.82. The van der Waals surface area contributed by atoms with Crippen molar-refractivity contribution in [1.82, 2.24) is 9.97 Å². The number of carbonyl (C=O) groups is 1. The van der Waals surface area contributed by atoms with Crippen LogP contribution in [0.15, 0.2) is 53.7 Å². The molecular formula is C18H11F7N2O2S. The van der Waals surface area contributed by atoms with Gasteiger partial charge in [0.2, 0.25) is 0 Å². The number of nitrogens with zero attached hydrogens (tertiary/aromatic N) is 1. The molecular weight excluding hydrogens is 441 g/mol. The molecule has 3 aromatic rings. The zero-order valence-corrected chi connectivity index (χ0v) is 15.5. The molecule has 30 heavy (non-hydrogen) atoms. The fourth-order valence-corrected chi connectivity index (χ4v) is 3.08. The molecule has 1 aromatic heterocycles. The van der Waals surface area contributed by atoms with E-state index in [2.05, 4.69) is 14.7 Å². The average molecular weight is 452 g/mol. The maximum Gasteiger partial charge on any atom is 0.474 e. The topological polar surface area (TPSA) is 55.0 Å². The van der Waals surface area contributed by atoms with E-state index in [1.54, 1.807) is 24.3 Å². The van der Waals surface area contributed by atoms with Crippen molar-refractivity contribution in [2.24, 2.45) is 0 Å². The van der Waals surface area contributed by atoms with Crippen molar-refractivity contribution in [1.29, 1.82) is 0 Å². The van der Waals surface area contributed by atoms with Gasteiger partial charge in [-0.3, -0.25) is 4.79 Å². The van der Waals surface area contributed by atoms with Gasteiger partial charge in [0.1, 0.15) is 5.75 Å². The third-order valence-corrected chi connectivity index (χ3v) is 4.72. The first-order valence-corrected chi connectivity index (χ1v) is 9.11. The second-order valence-electron chi connectivity index (χ2n) is 5.99. The molecule has 0 saturated carbocycles. The first-order valence-electron chi connectivity index (χ1n) is 8.13. The molecule has 0 aliphatic heterocycles. The van der Waals surface area contributed by atoms with Crippen molar-refractivity contribution in [3.63, 3.8) is 0 Å². The molecule has 0 amide bonds. The molecule has 2 aromatic carbocycles. The SMILES string of the molecule is O=C(CSc1nc2ccccc2[nH]1)c1ccc(OC(F)(F)C(F)(F)C(F)(F)F)cc1. The van der Waals surface area contributed by atoms with Crippen molar-refractivity contribution in [3.05, 3.63) is 54.1 Å². The van der Waals surface area contributed by atoms with Crippen LogP contribution in [0.2, 0.25) is 0 Å². The van der Waals surface area contributed by atoms with E-state index < -0.39 is 29.7 Å². The summed E-state index contributed by atoms with van der Waals surface area (Å²) >= 11 is 1.08. The third kappa shape index (κ3) is 4.37. The average Bonchev–Trinajstić information content (AvgIpc) is 3.08. The van der Waals surface area contributed by atoms with Crippen LogP contribution >= 0.6 is 11.8 Å². The molecule has 0 aliphatic carbocycles. The van der Waals surface area contributed by atoms with E-state index in [9.17, 15) is 35.5 Å². The number of fused-ring (bicyclic) bond motifs is 1. The number of ether oxygens (including phenoxy) is 1. The van der Waals surface area contributed by atoms with Crippen LogP contribution in [0.3, 0.4) is 0 Å². The van der Waals surface area contributed by atoms with Gasteiger partial charge in [0.15, 0.2) is 10.9 Å². The minimum Gasteiger partial charge on any atom is -0.428 e. The second-order valence-corrected chi connectivity index (χ2v) is 6.95. The van der Waals surface area contributed by atoms with Gasteiger partial charge in [-0.15, -0.1) is 0 Å². The third-order valence-electron chi connectivity index (χ3n) is 3.85. The molecule has 0 saturated heterocycles. The number of alkyl halides is 7. The molecule has 0 radical (unpaired) electrons. The summed E-state index contributed by atoms with van der Waals surface area (Å²) in [4.78, 5) is 19.5. The van der Waals surface area contributed by atoms with Crippen LogP contribution in [0.1, 0.15) is 10.4 Å².